The summed E-state index contributed by atoms with van der Waals surface area (Å²) in [5.74, 6) is 0.634. The van der Waals surface area contributed by atoms with Crippen LogP contribution >= 0.6 is 15.9 Å². The Hall–Kier alpha value is -1.23. The number of rotatable bonds is 5. The first-order valence-corrected chi connectivity index (χ1v) is 7.30. The van der Waals surface area contributed by atoms with Crippen LogP contribution < -0.4 is 10.5 Å². The molecule has 1 aliphatic rings. The minimum atomic E-state index is 0.0340. The topological polar surface area (TPSA) is 55.6 Å². The Morgan fingerprint density at radius 1 is 1.53 bits per heavy atom. The number of benzene rings is 1. The second kappa shape index (κ2) is 5.82. The fourth-order valence-electron chi connectivity index (χ4n) is 2.19. The van der Waals surface area contributed by atoms with Gasteiger partial charge in [0.1, 0.15) is 5.75 Å². The average Bonchev–Trinajstić information content (AvgIpc) is 3.13. The van der Waals surface area contributed by atoms with Crippen molar-refractivity contribution in [2.45, 2.75) is 32.7 Å². The van der Waals surface area contributed by atoms with Gasteiger partial charge in [0.05, 0.1) is 5.69 Å². The Morgan fingerprint density at radius 2 is 2.21 bits per heavy atom. The Labute approximate surface area is 122 Å². The minimum Gasteiger partial charge on any atom is -0.481 e. The third kappa shape index (κ3) is 3.41. The maximum atomic E-state index is 12.1. The lowest BCUT2D eigenvalue weighted by atomic mass is 10.2. The molecule has 0 saturated heterocycles. The lowest BCUT2D eigenvalue weighted by molar-refractivity contribution is -0.133. The van der Waals surface area contributed by atoms with E-state index in [-0.39, 0.29) is 12.5 Å². The third-order valence-corrected chi connectivity index (χ3v) is 3.71. The molecule has 1 aliphatic carbocycles. The van der Waals surface area contributed by atoms with Crippen LogP contribution in [0.2, 0.25) is 0 Å². The molecule has 0 heterocycles. The van der Waals surface area contributed by atoms with E-state index in [0.29, 0.717) is 17.5 Å². The van der Waals surface area contributed by atoms with Crippen LogP contribution in [-0.4, -0.2) is 30.0 Å². The van der Waals surface area contributed by atoms with Crippen LogP contribution in [0.15, 0.2) is 16.6 Å². The number of nitrogens with zero attached hydrogens (tertiary/aromatic N) is 1. The number of carbonyl (C=O) groups is 1. The van der Waals surface area contributed by atoms with Crippen molar-refractivity contribution >= 4 is 27.5 Å². The zero-order valence-electron chi connectivity index (χ0n) is 11.3. The van der Waals surface area contributed by atoms with Gasteiger partial charge >= 0.3 is 0 Å². The zero-order valence-corrected chi connectivity index (χ0v) is 12.9. The minimum absolute atomic E-state index is 0.0340. The second-order valence-corrected chi connectivity index (χ2v) is 5.76. The van der Waals surface area contributed by atoms with E-state index in [2.05, 4.69) is 15.9 Å². The molecule has 0 unspecified atom stereocenters. The highest BCUT2D eigenvalue weighted by Crippen LogP contribution is 2.30. The summed E-state index contributed by atoms with van der Waals surface area (Å²) < 4.78 is 6.52. The molecule has 19 heavy (non-hydrogen) atoms. The highest BCUT2D eigenvalue weighted by Gasteiger charge is 2.31. The van der Waals surface area contributed by atoms with E-state index in [1.54, 1.807) is 6.07 Å². The Morgan fingerprint density at radius 3 is 2.74 bits per heavy atom. The highest BCUT2D eigenvalue weighted by atomic mass is 79.9. The molecule has 1 amide bonds. The standard InChI is InChI=1S/C14H19BrN2O2/c1-3-17(11-4-5-11)13(18)8-19-14-9(2)6-10(15)7-12(14)16/h6-7,11H,3-5,8,16H2,1-2H3. The first-order chi connectivity index (χ1) is 9.02. The summed E-state index contributed by atoms with van der Waals surface area (Å²) in [6.45, 7) is 4.70. The number of nitrogen functional groups attached to an aromatic ring is 1. The van der Waals surface area contributed by atoms with Crippen LogP contribution in [0.3, 0.4) is 0 Å². The van der Waals surface area contributed by atoms with E-state index >= 15 is 0 Å². The van der Waals surface area contributed by atoms with Gasteiger partial charge < -0.3 is 15.4 Å². The summed E-state index contributed by atoms with van der Waals surface area (Å²) in [7, 11) is 0. The van der Waals surface area contributed by atoms with E-state index in [9.17, 15) is 4.79 Å². The van der Waals surface area contributed by atoms with Crippen LogP contribution in [0.4, 0.5) is 5.69 Å². The predicted molar refractivity (Wildman–Crippen MR) is 79.2 cm³/mol. The fraction of sp³-hybridized carbons (Fsp3) is 0.500. The SMILES string of the molecule is CCN(C(=O)COc1c(C)cc(Br)cc1N)C1CC1. The molecule has 1 aromatic carbocycles. The van der Waals surface area contributed by atoms with E-state index in [1.807, 2.05) is 24.8 Å². The third-order valence-electron chi connectivity index (χ3n) is 3.26. The van der Waals surface area contributed by atoms with Crippen LogP contribution in [0.25, 0.3) is 0 Å². The molecule has 0 spiro atoms. The zero-order chi connectivity index (χ0) is 14.0. The molecule has 0 atom stereocenters. The molecular weight excluding hydrogens is 308 g/mol. The first-order valence-electron chi connectivity index (χ1n) is 6.50. The number of amides is 1. The molecule has 5 heteroatoms. The van der Waals surface area contributed by atoms with Gasteiger partial charge in [-0.2, -0.15) is 0 Å². The Bertz CT molecular complexity index is 463. The molecule has 0 aromatic heterocycles. The van der Waals surface area contributed by atoms with E-state index < -0.39 is 0 Å². The number of carbonyl (C=O) groups excluding carboxylic acids is 1. The average molecular weight is 327 g/mol. The smallest absolute Gasteiger partial charge is 0.260 e. The van der Waals surface area contributed by atoms with Crippen molar-refractivity contribution in [3.05, 3.63) is 22.2 Å². The van der Waals surface area contributed by atoms with Crippen molar-refractivity contribution in [2.24, 2.45) is 0 Å². The quantitative estimate of drug-likeness (QED) is 0.846. The van der Waals surface area contributed by atoms with Gasteiger partial charge in [0.25, 0.3) is 5.91 Å². The molecule has 1 fully saturated rings. The summed E-state index contributed by atoms with van der Waals surface area (Å²) in [6.07, 6.45) is 2.22. The number of ether oxygens (including phenoxy) is 1. The fourth-order valence-corrected chi connectivity index (χ4v) is 2.78. The van der Waals surface area contributed by atoms with Gasteiger partial charge in [-0.25, -0.2) is 0 Å². The van der Waals surface area contributed by atoms with Crippen molar-refractivity contribution in [3.63, 3.8) is 0 Å². The molecule has 2 rings (SSSR count). The van der Waals surface area contributed by atoms with Crippen molar-refractivity contribution in [3.8, 4) is 5.75 Å². The van der Waals surface area contributed by atoms with Crippen LogP contribution in [-0.2, 0) is 4.79 Å². The number of halogens is 1. The number of anilines is 1. The van der Waals surface area contributed by atoms with Crippen LogP contribution in [0.1, 0.15) is 25.3 Å². The predicted octanol–water partition coefficient (Wildman–Crippen LogP) is 2.73. The van der Waals surface area contributed by atoms with Gasteiger partial charge in [0, 0.05) is 17.1 Å². The Balaban J connectivity index is 2.00. The van der Waals surface area contributed by atoms with E-state index in [1.165, 1.54) is 0 Å². The van der Waals surface area contributed by atoms with Crippen molar-refractivity contribution in [2.75, 3.05) is 18.9 Å². The molecule has 0 radical (unpaired) electrons. The highest BCUT2D eigenvalue weighted by molar-refractivity contribution is 9.10. The molecule has 0 bridgehead atoms. The van der Waals surface area contributed by atoms with E-state index in [0.717, 1.165) is 29.4 Å². The van der Waals surface area contributed by atoms with Gasteiger partial charge in [-0.1, -0.05) is 15.9 Å². The summed E-state index contributed by atoms with van der Waals surface area (Å²) in [5, 5.41) is 0. The maximum Gasteiger partial charge on any atom is 0.260 e. The van der Waals surface area contributed by atoms with Gasteiger partial charge in [-0.3, -0.25) is 4.79 Å². The van der Waals surface area contributed by atoms with Crippen molar-refractivity contribution < 1.29 is 9.53 Å². The molecule has 2 N–H and O–H groups in total. The summed E-state index contributed by atoms with van der Waals surface area (Å²) in [5.41, 5.74) is 7.38. The lowest BCUT2D eigenvalue weighted by Crippen LogP contribution is -2.36. The second-order valence-electron chi connectivity index (χ2n) is 4.84. The molecule has 1 saturated carbocycles. The number of aryl methyl sites for hydroxylation is 1. The maximum absolute atomic E-state index is 12.1. The van der Waals surface area contributed by atoms with Gasteiger partial charge in [0.15, 0.2) is 6.61 Å². The monoisotopic (exact) mass is 326 g/mol. The van der Waals surface area contributed by atoms with Crippen LogP contribution in [0, 0.1) is 6.92 Å². The summed E-state index contributed by atoms with van der Waals surface area (Å²) in [4.78, 5) is 13.9. The van der Waals surface area contributed by atoms with Gasteiger partial charge in [-0.15, -0.1) is 0 Å². The van der Waals surface area contributed by atoms with Gasteiger partial charge in [-0.05, 0) is 44.4 Å². The number of likely N-dealkylation sites (N-methyl/N-ethyl adjacent to an activating group) is 1. The van der Waals surface area contributed by atoms with E-state index in [4.69, 9.17) is 10.5 Å². The van der Waals surface area contributed by atoms with Crippen molar-refractivity contribution in [1.82, 2.24) is 4.90 Å². The van der Waals surface area contributed by atoms with Crippen LogP contribution in [0.5, 0.6) is 5.75 Å². The normalized spacial score (nSPS) is 14.3. The molecule has 4 nitrogen and oxygen atoms in total. The summed E-state index contributed by atoms with van der Waals surface area (Å²) in [6, 6.07) is 4.13. The number of hydrogen-bond donors (Lipinski definition) is 1. The van der Waals surface area contributed by atoms with Crippen molar-refractivity contribution in [1.29, 1.82) is 0 Å². The summed E-state index contributed by atoms with van der Waals surface area (Å²) >= 11 is 3.38. The Kier molecular flexibility index (Phi) is 4.34. The molecule has 104 valence electrons. The molecule has 0 aliphatic heterocycles. The number of nitrogens with two attached hydrogens (primary N) is 1. The molecular formula is C14H19BrN2O2. The number of hydrogen-bond acceptors (Lipinski definition) is 3. The first kappa shape index (κ1) is 14.2. The van der Waals surface area contributed by atoms with Gasteiger partial charge in [0.2, 0.25) is 0 Å². The molecule has 1 aromatic rings. The largest absolute Gasteiger partial charge is 0.481 e. The lowest BCUT2D eigenvalue weighted by Gasteiger charge is -2.21.